The second-order valence-corrected chi connectivity index (χ2v) is 5.57. The summed E-state index contributed by atoms with van der Waals surface area (Å²) in [5.74, 6) is 0.474. The van der Waals surface area contributed by atoms with E-state index in [2.05, 4.69) is 9.80 Å². The third-order valence-corrected chi connectivity index (χ3v) is 3.54. The number of hydrogen-bond acceptors (Lipinski definition) is 4. The molecule has 1 atom stereocenters. The molecule has 1 amide bonds. The lowest BCUT2D eigenvalue weighted by Gasteiger charge is -2.34. The Balaban J connectivity index is 2.16. The number of rotatable bonds is 7. The summed E-state index contributed by atoms with van der Waals surface area (Å²) in [6.07, 6.45) is 2.55. The second-order valence-electron chi connectivity index (χ2n) is 5.57. The molecule has 0 aromatic carbocycles. The Kier molecular flexibility index (Phi) is 6.60. The largest absolute Gasteiger partial charge is 0.392 e. The average molecular weight is 257 g/mol. The van der Waals surface area contributed by atoms with Gasteiger partial charge in [0.1, 0.15) is 0 Å². The van der Waals surface area contributed by atoms with E-state index >= 15 is 0 Å². The number of aliphatic hydroxyl groups is 1. The molecule has 0 saturated carbocycles. The maximum atomic E-state index is 10.7. The van der Waals surface area contributed by atoms with Gasteiger partial charge in [-0.3, -0.25) is 4.79 Å². The highest BCUT2D eigenvalue weighted by molar-refractivity contribution is 5.73. The summed E-state index contributed by atoms with van der Waals surface area (Å²) in [7, 11) is 2.05. The van der Waals surface area contributed by atoms with Gasteiger partial charge in [0.25, 0.3) is 0 Å². The Morgan fingerprint density at radius 1 is 1.50 bits per heavy atom. The minimum absolute atomic E-state index is 0.228. The van der Waals surface area contributed by atoms with Crippen molar-refractivity contribution in [2.24, 2.45) is 11.7 Å². The van der Waals surface area contributed by atoms with Gasteiger partial charge in [0.15, 0.2) is 0 Å². The zero-order valence-electron chi connectivity index (χ0n) is 11.6. The van der Waals surface area contributed by atoms with Crippen LogP contribution >= 0.6 is 0 Å². The molecule has 3 N–H and O–H groups in total. The van der Waals surface area contributed by atoms with Gasteiger partial charge in [-0.1, -0.05) is 0 Å². The quantitative estimate of drug-likeness (QED) is 0.667. The second kappa shape index (κ2) is 7.71. The van der Waals surface area contributed by atoms with Crippen LogP contribution in [-0.2, 0) is 4.79 Å². The first-order chi connectivity index (χ1) is 8.47. The maximum absolute atomic E-state index is 10.7. The molecule has 5 nitrogen and oxygen atoms in total. The summed E-state index contributed by atoms with van der Waals surface area (Å²) in [5.41, 5.74) is 5.14. The van der Waals surface area contributed by atoms with Crippen LogP contribution in [0.25, 0.3) is 0 Å². The minimum atomic E-state index is -0.236. The molecule has 1 aliphatic rings. The van der Waals surface area contributed by atoms with Crippen LogP contribution in [0.5, 0.6) is 0 Å². The number of nitrogens with zero attached hydrogens (tertiary/aromatic N) is 2. The minimum Gasteiger partial charge on any atom is -0.392 e. The highest BCUT2D eigenvalue weighted by atomic mass is 16.3. The molecule has 1 aliphatic heterocycles. The monoisotopic (exact) mass is 257 g/mol. The summed E-state index contributed by atoms with van der Waals surface area (Å²) < 4.78 is 0. The number of β-amino-alcohol motifs (C(OH)–C–C–N with tert-alkyl or cyclic N) is 1. The van der Waals surface area contributed by atoms with Crippen molar-refractivity contribution in [1.29, 1.82) is 0 Å². The molecule has 106 valence electrons. The van der Waals surface area contributed by atoms with E-state index in [1.807, 2.05) is 14.0 Å². The van der Waals surface area contributed by atoms with Gasteiger partial charge in [0.2, 0.25) is 5.91 Å². The highest BCUT2D eigenvalue weighted by Crippen LogP contribution is 2.18. The van der Waals surface area contributed by atoms with E-state index in [4.69, 9.17) is 5.73 Å². The van der Waals surface area contributed by atoms with Crippen molar-refractivity contribution < 1.29 is 9.90 Å². The topological polar surface area (TPSA) is 69.8 Å². The van der Waals surface area contributed by atoms with Crippen LogP contribution < -0.4 is 5.73 Å². The molecule has 1 fully saturated rings. The molecule has 1 saturated heterocycles. The van der Waals surface area contributed by atoms with Crippen molar-refractivity contribution in [2.45, 2.75) is 32.3 Å². The Morgan fingerprint density at radius 2 is 2.11 bits per heavy atom. The smallest absolute Gasteiger partial charge is 0.218 e. The summed E-state index contributed by atoms with van der Waals surface area (Å²) in [4.78, 5) is 15.2. The van der Waals surface area contributed by atoms with Crippen molar-refractivity contribution in [3.05, 3.63) is 0 Å². The molecule has 0 radical (unpaired) electrons. The van der Waals surface area contributed by atoms with Gasteiger partial charge < -0.3 is 20.6 Å². The van der Waals surface area contributed by atoms with Crippen molar-refractivity contribution in [3.8, 4) is 0 Å². The van der Waals surface area contributed by atoms with Crippen LogP contribution in [0.2, 0.25) is 0 Å². The summed E-state index contributed by atoms with van der Waals surface area (Å²) in [6, 6.07) is 0. The number of likely N-dealkylation sites (tertiary alicyclic amines) is 1. The molecule has 5 heteroatoms. The van der Waals surface area contributed by atoms with E-state index in [0.717, 1.165) is 32.7 Å². The molecule has 18 heavy (non-hydrogen) atoms. The zero-order chi connectivity index (χ0) is 13.5. The first-order valence-electron chi connectivity index (χ1n) is 6.84. The van der Waals surface area contributed by atoms with Crippen LogP contribution in [0.1, 0.15) is 26.2 Å². The summed E-state index contributed by atoms with van der Waals surface area (Å²) in [5, 5.41) is 9.34. The maximum Gasteiger partial charge on any atom is 0.218 e. The fourth-order valence-corrected chi connectivity index (χ4v) is 2.56. The van der Waals surface area contributed by atoms with Gasteiger partial charge in [-0.25, -0.2) is 0 Å². The Morgan fingerprint density at radius 3 is 2.61 bits per heavy atom. The highest BCUT2D eigenvalue weighted by Gasteiger charge is 2.20. The van der Waals surface area contributed by atoms with Gasteiger partial charge in [0.05, 0.1) is 6.10 Å². The predicted octanol–water partition coefficient (Wildman–Crippen LogP) is -0.114. The Hall–Kier alpha value is -0.650. The number of hydrogen-bond donors (Lipinski definition) is 2. The number of carbonyl (C=O) groups is 1. The fourth-order valence-electron chi connectivity index (χ4n) is 2.56. The number of carbonyl (C=O) groups excluding carboxylic acids is 1. The number of aliphatic hydroxyl groups excluding tert-OH is 1. The van der Waals surface area contributed by atoms with Crippen molar-refractivity contribution in [2.75, 3.05) is 39.8 Å². The average Bonchev–Trinajstić information content (AvgIpc) is 2.28. The summed E-state index contributed by atoms with van der Waals surface area (Å²) in [6.45, 7) is 6.55. The van der Waals surface area contributed by atoms with E-state index in [1.165, 1.54) is 12.8 Å². The summed E-state index contributed by atoms with van der Waals surface area (Å²) >= 11 is 0. The molecule has 1 heterocycles. The van der Waals surface area contributed by atoms with Crippen LogP contribution in [0.3, 0.4) is 0 Å². The zero-order valence-corrected chi connectivity index (χ0v) is 11.6. The van der Waals surface area contributed by atoms with Gasteiger partial charge >= 0.3 is 0 Å². The lowest BCUT2D eigenvalue weighted by molar-refractivity contribution is -0.118. The third kappa shape index (κ3) is 6.33. The molecule has 0 aromatic heterocycles. The predicted molar refractivity (Wildman–Crippen MR) is 72.2 cm³/mol. The third-order valence-electron chi connectivity index (χ3n) is 3.54. The van der Waals surface area contributed by atoms with Crippen molar-refractivity contribution in [3.63, 3.8) is 0 Å². The van der Waals surface area contributed by atoms with Gasteiger partial charge in [-0.2, -0.15) is 0 Å². The lowest BCUT2D eigenvalue weighted by atomic mass is 9.96. The molecule has 0 bridgehead atoms. The molecule has 0 aromatic rings. The van der Waals surface area contributed by atoms with E-state index < -0.39 is 0 Å². The van der Waals surface area contributed by atoms with E-state index in [-0.39, 0.29) is 12.0 Å². The molecule has 0 aliphatic carbocycles. The van der Waals surface area contributed by atoms with E-state index in [1.54, 1.807) is 0 Å². The standard InChI is InChI=1S/C13H27N3O2/c1-11(17)9-16-7-3-12(4-8-16)10-15(2)6-5-13(14)18/h11-12,17H,3-10H2,1-2H3,(H2,14,18)/t11-/m0/s1. The number of nitrogens with two attached hydrogens (primary N) is 1. The van der Waals surface area contributed by atoms with Crippen LogP contribution in [-0.4, -0.2) is 66.7 Å². The Bertz CT molecular complexity index is 251. The number of piperidine rings is 1. The van der Waals surface area contributed by atoms with Crippen molar-refractivity contribution >= 4 is 5.91 Å². The molecular formula is C13H27N3O2. The first-order valence-corrected chi connectivity index (χ1v) is 6.84. The normalized spacial score (nSPS) is 20.2. The molecule has 0 unspecified atom stereocenters. The van der Waals surface area contributed by atoms with Crippen LogP contribution in [0.15, 0.2) is 0 Å². The molecular weight excluding hydrogens is 230 g/mol. The van der Waals surface area contributed by atoms with Crippen molar-refractivity contribution in [1.82, 2.24) is 9.80 Å². The van der Waals surface area contributed by atoms with Gasteiger partial charge in [0, 0.05) is 26.1 Å². The first kappa shape index (κ1) is 15.4. The van der Waals surface area contributed by atoms with Gasteiger partial charge in [-0.05, 0) is 45.8 Å². The molecule has 1 rings (SSSR count). The van der Waals surface area contributed by atoms with Crippen LogP contribution in [0.4, 0.5) is 0 Å². The SMILES string of the molecule is C[C@H](O)CN1CCC(CN(C)CCC(N)=O)CC1. The van der Waals surface area contributed by atoms with E-state index in [0.29, 0.717) is 12.3 Å². The number of primary amides is 1. The number of amides is 1. The molecule has 0 spiro atoms. The van der Waals surface area contributed by atoms with Gasteiger partial charge in [-0.15, -0.1) is 0 Å². The van der Waals surface area contributed by atoms with Crippen LogP contribution in [0, 0.1) is 5.92 Å². The van der Waals surface area contributed by atoms with E-state index in [9.17, 15) is 9.90 Å². The Labute approximate surface area is 110 Å². The fraction of sp³-hybridized carbons (Fsp3) is 0.923. The lowest BCUT2D eigenvalue weighted by Crippen LogP contribution is -2.41.